The highest BCUT2D eigenvalue weighted by Gasteiger charge is 2.28. The van der Waals surface area contributed by atoms with Crippen LogP contribution in [-0.4, -0.2) is 89.0 Å². The number of benzene rings is 2. The smallest absolute Gasteiger partial charge is 0.333 e. The summed E-state index contributed by atoms with van der Waals surface area (Å²) in [5.41, 5.74) is 4.40. The second-order valence-corrected chi connectivity index (χ2v) is 10.7. The largest absolute Gasteiger partial charge is 0.494 e. The maximum absolute atomic E-state index is 14.3. The van der Waals surface area contributed by atoms with Gasteiger partial charge in [-0.3, -0.25) is 14.8 Å². The Morgan fingerprint density at radius 3 is 2.26 bits per heavy atom. The molecule has 2 fully saturated rings. The molecule has 2 aliphatic rings. The number of hydrogen-bond acceptors (Lipinski definition) is 10. The average molecular weight is 659 g/mol. The summed E-state index contributed by atoms with van der Waals surface area (Å²) in [7, 11) is 1.43. The van der Waals surface area contributed by atoms with E-state index in [1.54, 1.807) is 18.2 Å². The number of nitrogens with zero attached hydrogens (tertiary/aromatic N) is 7. The zero-order valence-corrected chi connectivity index (χ0v) is 25.1. The molecule has 248 valence electrons. The Kier molecular flexibility index (Phi) is 9.19. The van der Waals surface area contributed by atoms with E-state index in [4.69, 9.17) is 9.47 Å². The number of piperidine rings is 1. The monoisotopic (exact) mass is 658 g/mol. The zero-order chi connectivity index (χ0) is 33.1. The molecule has 0 radical (unpaired) electrons. The van der Waals surface area contributed by atoms with Gasteiger partial charge in [0.2, 0.25) is 17.8 Å². The van der Waals surface area contributed by atoms with Gasteiger partial charge in [-0.1, -0.05) is 6.07 Å². The Morgan fingerprint density at radius 1 is 0.915 bits per heavy atom. The molecule has 2 aliphatic heterocycles. The minimum absolute atomic E-state index is 0.0319. The quantitative estimate of drug-likeness (QED) is 0.200. The number of imidazole rings is 1. The van der Waals surface area contributed by atoms with E-state index in [0.717, 1.165) is 12.1 Å². The molecule has 0 spiro atoms. The van der Waals surface area contributed by atoms with Crippen molar-refractivity contribution in [2.24, 2.45) is 0 Å². The van der Waals surface area contributed by atoms with E-state index in [2.05, 4.69) is 36.1 Å². The summed E-state index contributed by atoms with van der Waals surface area (Å²) in [5.74, 6) is -2.55. The molecule has 3 amide bonds. The standard InChI is InChI=1S/C29H30F4N10O4/c1-46-21-4-2-3-20-22(21)35-24(23(32)33)43(20)28-37-26(36-27(38-28)42-11-13-47-14-12-42)41-9-7-17(8-10-41)34-29(45)40-39-25(44)18-6-5-16(30)15-19(18)31/h2-6,15,17,23H,7-14H2,1H3,(H,39,44)(H2,34,40,45). The molecule has 0 aliphatic carbocycles. The van der Waals surface area contributed by atoms with Crippen molar-refractivity contribution < 1.29 is 36.6 Å². The number of carbonyl (C=O) groups is 2. The van der Waals surface area contributed by atoms with Gasteiger partial charge in [0.25, 0.3) is 12.3 Å². The van der Waals surface area contributed by atoms with Crippen LogP contribution in [-0.2, 0) is 4.74 Å². The van der Waals surface area contributed by atoms with Gasteiger partial charge in [-0.25, -0.2) is 32.8 Å². The number of nitrogens with one attached hydrogen (secondary N) is 3. The lowest BCUT2D eigenvalue weighted by molar-refractivity contribution is 0.0931. The van der Waals surface area contributed by atoms with Crippen molar-refractivity contribution in [3.05, 3.63) is 59.4 Å². The molecule has 6 rings (SSSR count). The number of methoxy groups -OCH3 is 1. The van der Waals surface area contributed by atoms with Crippen LogP contribution in [0.5, 0.6) is 5.75 Å². The molecule has 2 saturated heterocycles. The molecular formula is C29H30F4N10O4. The van der Waals surface area contributed by atoms with Crippen LogP contribution in [0.1, 0.15) is 35.4 Å². The number of ether oxygens (including phenoxy) is 2. The maximum Gasteiger partial charge on any atom is 0.333 e. The summed E-state index contributed by atoms with van der Waals surface area (Å²) >= 11 is 0. The first-order valence-electron chi connectivity index (χ1n) is 14.7. The topological polar surface area (TPSA) is 152 Å². The van der Waals surface area contributed by atoms with E-state index in [1.807, 2.05) is 9.80 Å². The third-order valence-corrected chi connectivity index (χ3v) is 7.76. The number of carbonyl (C=O) groups excluding carboxylic acids is 2. The van der Waals surface area contributed by atoms with Crippen molar-refractivity contribution in [1.29, 1.82) is 0 Å². The molecule has 2 aromatic carbocycles. The summed E-state index contributed by atoms with van der Waals surface area (Å²) in [5, 5.41) is 2.74. The number of para-hydroxylation sites is 1. The van der Waals surface area contributed by atoms with Gasteiger partial charge in [-0.15, -0.1) is 0 Å². The minimum atomic E-state index is -2.94. The number of urea groups is 1. The third-order valence-electron chi connectivity index (χ3n) is 7.76. The lowest BCUT2D eigenvalue weighted by atomic mass is 10.1. The second-order valence-electron chi connectivity index (χ2n) is 10.7. The van der Waals surface area contributed by atoms with Gasteiger partial charge in [-0.2, -0.15) is 15.0 Å². The number of halogens is 4. The summed E-state index contributed by atoms with van der Waals surface area (Å²) in [6.45, 7) is 2.67. The normalized spacial score (nSPS) is 15.6. The van der Waals surface area contributed by atoms with Crippen LogP contribution in [0.4, 0.5) is 34.3 Å². The molecule has 18 heteroatoms. The molecule has 0 bridgehead atoms. The molecule has 2 aromatic heterocycles. The molecule has 0 saturated carbocycles. The van der Waals surface area contributed by atoms with Gasteiger partial charge in [0.05, 0.1) is 31.4 Å². The minimum Gasteiger partial charge on any atom is -0.494 e. The van der Waals surface area contributed by atoms with Crippen LogP contribution in [0.25, 0.3) is 17.0 Å². The van der Waals surface area contributed by atoms with Crippen molar-refractivity contribution in [2.45, 2.75) is 25.3 Å². The van der Waals surface area contributed by atoms with Crippen LogP contribution in [0.3, 0.4) is 0 Å². The fourth-order valence-corrected chi connectivity index (χ4v) is 5.40. The molecule has 0 atom stereocenters. The van der Waals surface area contributed by atoms with Crippen LogP contribution in [0, 0.1) is 11.6 Å². The van der Waals surface area contributed by atoms with E-state index in [-0.39, 0.29) is 23.5 Å². The third kappa shape index (κ3) is 6.81. The van der Waals surface area contributed by atoms with Gasteiger partial charge in [0.1, 0.15) is 22.9 Å². The van der Waals surface area contributed by atoms with Crippen LogP contribution >= 0.6 is 0 Å². The predicted molar refractivity (Wildman–Crippen MR) is 160 cm³/mol. The fourth-order valence-electron chi connectivity index (χ4n) is 5.40. The van der Waals surface area contributed by atoms with Gasteiger partial charge in [-0.05, 0) is 37.1 Å². The van der Waals surface area contributed by atoms with E-state index in [0.29, 0.717) is 75.5 Å². The number of hydrazine groups is 1. The summed E-state index contributed by atoms with van der Waals surface area (Å²) in [4.78, 5) is 46.4. The number of aromatic nitrogens is 5. The average Bonchev–Trinajstić information content (AvgIpc) is 3.48. The Morgan fingerprint density at radius 2 is 1.60 bits per heavy atom. The Hall–Kier alpha value is -5.26. The van der Waals surface area contributed by atoms with E-state index >= 15 is 0 Å². The number of amides is 3. The number of morpholine rings is 1. The first kappa shape index (κ1) is 31.7. The van der Waals surface area contributed by atoms with Crippen molar-refractivity contribution in [2.75, 3.05) is 56.3 Å². The van der Waals surface area contributed by atoms with Crippen molar-refractivity contribution >= 4 is 34.9 Å². The summed E-state index contributed by atoms with van der Waals surface area (Å²) in [6, 6.07) is 6.36. The number of fused-ring (bicyclic) bond motifs is 1. The van der Waals surface area contributed by atoms with Crippen LogP contribution < -0.4 is 30.7 Å². The van der Waals surface area contributed by atoms with Gasteiger partial charge in [0, 0.05) is 38.3 Å². The molecule has 14 nitrogen and oxygen atoms in total. The SMILES string of the molecule is COc1cccc2c1nc(C(F)F)n2-c1nc(N2CCOCC2)nc(N2CCC(NC(=O)NNC(=O)c3ccc(F)cc3F)CC2)n1. The molecule has 4 aromatic rings. The van der Waals surface area contributed by atoms with Crippen molar-refractivity contribution in [3.8, 4) is 11.7 Å². The van der Waals surface area contributed by atoms with E-state index < -0.39 is 41.4 Å². The molecule has 47 heavy (non-hydrogen) atoms. The van der Waals surface area contributed by atoms with Crippen LogP contribution in [0.15, 0.2) is 36.4 Å². The predicted octanol–water partition coefficient (Wildman–Crippen LogP) is 2.88. The molecular weight excluding hydrogens is 628 g/mol. The van der Waals surface area contributed by atoms with Crippen molar-refractivity contribution in [3.63, 3.8) is 0 Å². The maximum atomic E-state index is 14.3. The fraction of sp³-hybridized carbons (Fsp3) is 0.379. The zero-order valence-electron chi connectivity index (χ0n) is 25.1. The van der Waals surface area contributed by atoms with Gasteiger partial charge in [0.15, 0.2) is 5.82 Å². The first-order chi connectivity index (χ1) is 22.7. The molecule has 4 heterocycles. The molecule has 3 N–H and O–H groups in total. The number of alkyl halides is 2. The number of rotatable bonds is 7. The highest BCUT2D eigenvalue weighted by molar-refractivity contribution is 5.95. The van der Waals surface area contributed by atoms with Gasteiger partial charge < -0.3 is 24.6 Å². The van der Waals surface area contributed by atoms with E-state index in [9.17, 15) is 27.2 Å². The number of anilines is 2. The molecule has 0 unspecified atom stereocenters. The Balaban J connectivity index is 1.19. The van der Waals surface area contributed by atoms with E-state index in [1.165, 1.54) is 11.7 Å². The second kappa shape index (κ2) is 13.6. The highest BCUT2D eigenvalue weighted by Crippen LogP contribution is 2.32. The Labute approximate surface area is 265 Å². The lowest BCUT2D eigenvalue weighted by Gasteiger charge is -2.33. The Bertz CT molecular complexity index is 1780. The summed E-state index contributed by atoms with van der Waals surface area (Å²) < 4.78 is 67.7. The number of hydrogen-bond donors (Lipinski definition) is 3. The summed E-state index contributed by atoms with van der Waals surface area (Å²) in [6.07, 6.45) is -2.03. The van der Waals surface area contributed by atoms with Gasteiger partial charge >= 0.3 is 6.03 Å². The lowest BCUT2D eigenvalue weighted by Crippen LogP contribution is -2.52. The first-order valence-corrected chi connectivity index (χ1v) is 14.7. The highest BCUT2D eigenvalue weighted by atomic mass is 19.3. The van der Waals surface area contributed by atoms with Crippen LogP contribution in [0.2, 0.25) is 0 Å². The van der Waals surface area contributed by atoms with Crippen molar-refractivity contribution in [1.82, 2.24) is 40.7 Å².